The molecule has 3 rings (SSSR count). The average molecular weight is 323 g/mol. The van der Waals surface area contributed by atoms with Gasteiger partial charge in [-0.2, -0.15) is 0 Å². The molecule has 0 bridgehead atoms. The van der Waals surface area contributed by atoms with Gasteiger partial charge >= 0.3 is 0 Å². The van der Waals surface area contributed by atoms with E-state index in [1.165, 1.54) is 77.5 Å². The molecule has 0 aromatic rings. The van der Waals surface area contributed by atoms with Crippen molar-refractivity contribution in [3.63, 3.8) is 0 Å². The molecule has 2 heterocycles. The molecule has 3 aliphatic rings. The summed E-state index contributed by atoms with van der Waals surface area (Å²) in [6.45, 7) is 9.36. The summed E-state index contributed by atoms with van der Waals surface area (Å²) >= 11 is 0. The van der Waals surface area contributed by atoms with E-state index in [2.05, 4.69) is 24.1 Å². The lowest BCUT2D eigenvalue weighted by Gasteiger charge is -2.47. The van der Waals surface area contributed by atoms with Crippen LogP contribution in [0.3, 0.4) is 0 Å². The smallest absolute Gasteiger partial charge is 0.0571 e. The van der Waals surface area contributed by atoms with Crippen molar-refractivity contribution in [2.45, 2.75) is 83.8 Å². The van der Waals surface area contributed by atoms with Crippen molar-refractivity contribution in [3.8, 4) is 0 Å². The highest BCUT2D eigenvalue weighted by atomic mass is 16.3. The van der Waals surface area contributed by atoms with Crippen LogP contribution >= 0.6 is 0 Å². The molecule has 1 aliphatic carbocycles. The number of nitrogens with one attached hydrogen (secondary N) is 1. The van der Waals surface area contributed by atoms with E-state index in [-0.39, 0.29) is 6.10 Å². The van der Waals surface area contributed by atoms with Crippen molar-refractivity contribution in [3.05, 3.63) is 0 Å². The summed E-state index contributed by atoms with van der Waals surface area (Å²) in [5.74, 6) is 1.16. The zero-order valence-corrected chi connectivity index (χ0v) is 15.4. The Morgan fingerprint density at radius 1 is 1.00 bits per heavy atom. The Kier molecular flexibility index (Phi) is 6.03. The average Bonchev–Trinajstić information content (AvgIpc) is 2.56. The van der Waals surface area contributed by atoms with E-state index >= 15 is 0 Å². The van der Waals surface area contributed by atoms with Crippen LogP contribution in [0.2, 0.25) is 0 Å². The monoisotopic (exact) mass is 322 g/mol. The van der Waals surface area contributed by atoms with Gasteiger partial charge in [-0.1, -0.05) is 13.8 Å². The van der Waals surface area contributed by atoms with Crippen LogP contribution in [0, 0.1) is 17.3 Å². The number of rotatable bonds is 4. The first kappa shape index (κ1) is 17.7. The largest absolute Gasteiger partial charge is 0.393 e. The predicted octanol–water partition coefficient (Wildman–Crippen LogP) is 3.42. The standard InChI is InChI=1S/C20H38N2O/c1-16(2)15-19(23)17-5-13-22(14-6-17)18-3-7-20(8-4-18)9-11-21-12-10-20/h16-19,21,23H,3-15H2,1-2H3/t19-/m0/s1. The van der Waals surface area contributed by atoms with Crippen LogP contribution < -0.4 is 5.32 Å². The molecule has 3 fully saturated rings. The van der Waals surface area contributed by atoms with Crippen molar-refractivity contribution in [2.75, 3.05) is 26.2 Å². The fourth-order valence-electron chi connectivity index (χ4n) is 5.38. The van der Waals surface area contributed by atoms with Gasteiger partial charge in [0.25, 0.3) is 0 Å². The summed E-state index contributed by atoms with van der Waals surface area (Å²) in [7, 11) is 0. The molecular formula is C20H38N2O. The van der Waals surface area contributed by atoms with Crippen molar-refractivity contribution in [1.82, 2.24) is 10.2 Å². The Labute approximate surface area is 143 Å². The van der Waals surface area contributed by atoms with Crippen molar-refractivity contribution in [1.29, 1.82) is 0 Å². The van der Waals surface area contributed by atoms with Crippen LogP contribution in [0.25, 0.3) is 0 Å². The van der Waals surface area contributed by atoms with Gasteiger partial charge in [-0.3, -0.25) is 0 Å². The molecule has 2 saturated heterocycles. The number of aliphatic hydroxyl groups is 1. The number of hydrogen-bond donors (Lipinski definition) is 2. The first-order valence-electron chi connectivity index (χ1n) is 10.2. The number of likely N-dealkylation sites (tertiary alicyclic amines) is 1. The normalized spacial score (nSPS) is 29.2. The molecule has 134 valence electrons. The third-order valence-electron chi connectivity index (χ3n) is 7.03. The van der Waals surface area contributed by atoms with E-state index in [1.807, 2.05) is 0 Å². The lowest BCUT2D eigenvalue weighted by atomic mass is 9.67. The molecule has 1 spiro atoms. The second-order valence-electron chi connectivity index (χ2n) is 9.05. The van der Waals surface area contributed by atoms with Gasteiger partial charge in [-0.25, -0.2) is 0 Å². The van der Waals surface area contributed by atoms with Crippen molar-refractivity contribution < 1.29 is 5.11 Å². The molecule has 0 aromatic carbocycles. The van der Waals surface area contributed by atoms with Gasteiger partial charge in [0, 0.05) is 6.04 Å². The molecule has 23 heavy (non-hydrogen) atoms. The Morgan fingerprint density at radius 2 is 1.61 bits per heavy atom. The molecule has 3 nitrogen and oxygen atoms in total. The number of hydrogen-bond acceptors (Lipinski definition) is 3. The Bertz CT molecular complexity index is 347. The molecule has 3 heteroatoms. The molecule has 1 atom stereocenters. The molecular weight excluding hydrogens is 284 g/mol. The van der Waals surface area contributed by atoms with E-state index in [4.69, 9.17) is 0 Å². The first-order valence-corrected chi connectivity index (χ1v) is 10.2. The van der Waals surface area contributed by atoms with Gasteiger partial charge in [0.15, 0.2) is 0 Å². The van der Waals surface area contributed by atoms with Crippen LogP contribution in [0.1, 0.15) is 71.6 Å². The summed E-state index contributed by atoms with van der Waals surface area (Å²) < 4.78 is 0. The number of nitrogens with zero attached hydrogens (tertiary/aromatic N) is 1. The van der Waals surface area contributed by atoms with Crippen LogP contribution in [0.5, 0.6) is 0 Å². The Hall–Kier alpha value is -0.120. The number of aliphatic hydroxyl groups excluding tert-OH is 1. The van der Waals surface area contributed by atoms with Gasteiger partial charge < -0.3 is 15.3 Å². The third kappa shape index (κ3) is 4.49. The highest BCUT2D eigenvalue weighted by Crippen LogP contribution is 2.44. The van der Waals surface area contributed by atoms with Crippen molar-refractivity contribution >= 4 is 0 Å². The summed E-state index contributed by atoms with van der Waals surface area (Å²) in [6, 6.07) is 0.832. The molecule has 0 radical (unpaired) electrons. The van der Waals surface area contributed by atoms with Crippen LogP contribution in [0.4, 0.5) is 0 Å². The van der Waals surface area contributed by atoms with Crippen LogP contribution in [-0.2, 0) is 0 Å². The number of piperidine rings is 2. The molecule has 2 N–H and O–H groups in total. The minimum absolute atomic E-state index is 0.0680. The second-order valence-corrected chi connectivity index (χ2v) is 9.05. The SMILES string of the molecule is CC(C)C[C@H](O)C1CCN(C2CCC3(CCNCC3)CC2)CC1. The maximum Gasteiger partial charge on any atom is 0.0571 e. The molecule has 0 unspecified atom stereocenters. The zero-order chi connectivity index (χ0) is 16.3. The molecule has 0 aromatic heterocycles. The minimum Gasteiger partial charge on any atom is -0.393 e. The van der Waals surface area contributed by atoms with E-state index < -0.39 is 0 Å². The molecule has 0 amide bonds. The predicted molar refractivity (Wildman–Crippen MR) is 96.6 cm³/mol. The van der Waals surface area contributed by atoms with E-state index in [1.54, 1.807) is 0 Å². The molecule has 1 saturated carbocycles. The third-order valence-corrected chi connectivity index (χ3v) is 7.03. The summed E-state index contributed by atoms with van der Waals surface area (Å²) in [5, 5.41) is 13.9. The molecule has 2 aliphatic heterocycles. The van der Waals surface area contributed by atoms with Gasteiger partial charge in [0.1, 0.15) is 0 Å². The van der Waals surface area contributed by atoms with Gasteiger partial charge in [0.2, 0.25) is 0 Å². The first-order chi connectivity index (χ1) is 11.1. The van der Waals surface area contributed by atoms with Crippen LogP contribution in [-0.4, -0.2) is 48.3 Å². The van der Waals surface area contributed by atoms with E-state index in [0.717, 1.165) is 12.5 Å². The fourth-order valence-corrected chi connectivity index (χ4v) is 5.38. The highest BCUT2D eigenvalue weighted by molar-refractivity contribution is 4.93. The maximum absolute atomic E-state index is 10.4. The van der Waals surface area contributed by atoms with Gasteiger partial charge in [-0.15, -0.1) is 0 Å². The van der Waals surface area contributed by atoms with Gasteiger partial charge in [0.05, 0.1) is 6.10 Å². The quantitative estimate of drug-likeness (QED) is 0.832. The topological polar surface area (TPSA) is 35.5 Å². The van der Waals surface area contributed by atoms with Crippen molar-refractivity contribution in [2.24, 2.45) is 17.3 Å². The van der Waals surface area contributed by atoms with E-state index in [0.29, 0.717) is 17.3 Å². The maximum atomic E-state index is 10.4. The second kappa shape index (κ2) is 7.84. The summed E-state index contributed by atoms with van der Waals surface area (Å²) in [6.07, 6.45) is 11.9. The lowest BCUT2D eigenvalue weighted by Crippen LogP contribution is -2.48. The lowest BCUT2D eigenvalue weighted by molar-refractivity contribution is 0.0126. The Balaban J connectivity index is 1.42. The van der Waals surface area contributed by atoms with E-state index in [9.17, 15) is 5.11 Å². The van der Waals surface area contributed by atoms with Gasteiger partial charge in [-0.05, 0) is 101 Å². The highest BCUT2D eigenvalue weighted by Gasteiger charge is 2.38. The zero-order valence-electron chi connectivity index (χ0n) is 15.4. The fraction of sp³-hybridized carbons (Fsp3) is 1.00. The minimum atomic E-state index is -0.0680. The van der Waals surface area contributed by atoms with Crippen LogP contribution in [0.15, 0.2) is 0 Å². The summed E-state index contributed by atoms with van der Waals surface area (Å²) in [4.78, 5) is 2.76. The Morgan fingerprint density at radius 3 is 2.17 bits per heavy atom. The summed E-state index contributed by atoms with van der Waals surface area (Å²) in [5.41, 5.74) is 0.688.